The molecular weight excluding hydrogens is 445 g/mol. The highest BCUT2D eigenvalue weighted by atomic mass is 35.5. The molecule has 0 saturated carbocycles. The lowest BCUT2D eigenvalue weighted by atomic mass is 10.2. The maximum atomic E-state index is 13.2. The van der Waals surface area contributed by atoms with Crippen molar-refractivity contribution in [3.63, 3.8) is 0 Å². The summed E-state index contributed by atoms with van der Waals surface area (Å²) in [6, 6.07) is 9.01. The van der Waals surface area contributed by atoms with Gasteiger partial charge in [0.05, 0.1) is 29.9 Å². The van der Waals surface area contributed by atoms with Crippen LogP contribution in [0, 0.1) is 5.82 Å². The molecule has 2 aromatic rings. The molecule has 0 spiro atoms. The number of rotatable bonds is 5. The maximum Gasteiger partial charge on any atom is 0.264 e. The van der Waals surface area contributed by atoms with Crippen LogP contribution in [-0.4, -0.2) is 53.6 Å². The number of halogens is 2. The van der Waals surface area contributed by atoms with Crippen molar-refractivity contribution >= 4 is 43.8 Å². The first kappa shape index (κ1) is 23.2. The van der Waals surface area contributed by atoms with Gasteiger partial charge < -0.3 is 10.5 Å². The van der Waals surface area contributed by atoms with Gasteiger partial charge in [-0.25, -0.2) is 25.5 Å². The summed E-state index contributed by atoms with van der Waals surface area (Å²) in [5, 5.41) is 0. The molecule has 0 unspecified atom stereocenters. The molecule has 0 amide bonds. The van der Waals surface area contributed by atoms with Crippen molar-refractivity contribution in [2.24, 2.45) is 0 Å². The fourth-order valence-corrected chi connectivity index (χ4v) is 4.74. The summed E-state index contributed by atoms with van der Waals surface area (Å²) < 4.78 is 71.0. The van der Waals surface area contributed by atoms with E-state index in [-0.39, 0.29) is 41.8 Å². The first-order chi connectivity index (χ1) is 13.0. The molecule has 160 valence electrons. The van der Waals surface area contributed by atoms with Crippen LogP contribution in [0.25, 0.3) is 0 Å². The number of nitrogen functional groups attached to an aromatic ring is 1. The number of hydrogen-bond donors (Lipinski definition) is 1. The Kier molecular flexibility index (Phi) is 6.68. The summed E-state index contributed by atoms with van der Waals surface area (Å²) in [7, 11) is -6.14. The van der Waals surface area contributed by atoms with Gasteiger partial charge in [-0.2, -0.15) is 0 Å². The van der Waals surface area contributed by atoms with Crippen LogP contribution < -0.4 is 14.8 Å². The average Bonchev–Trinajstić information content (AvgIpc) is 2.61. The van der Waals surface area contributed by atoms with E-state index in [2.05, 4.69) is 0 Å². The summed E-state index contributed by atoms with van der Waals surface area (Å²) in [6.07, 6.45) is 0.309. The van der Waals surface area contributed by atoms with Gasteiger partial charge >= 0.3 is 0 Å². The van der Waals surface area contributed by atoms with E-state index in [1.54, 1.807) is 6.07 Å². The predicted molar refractivity (Wildman–Crippen MR) is 111 cm³/mol. The van der Waals surface area contributed by atoms with Gasteiger partial charge in [0, 0.05) is 12.7 Å². The van der Waals surface area contributed by atoms with Crippen molar-refractivity contribution in [2.75, 3.05) is 36.4 Å². The molecule has 2 N–H and O–H groups in total. The second-order valence-corrected chi connectivity index (χ2v) is 10.5. The first-order valence-electron chi connectivity index (χ1n) is 8.24. The predicted octanol–water partition coefficient (Wildman–Crippen LogP) is 1.68. The SMILES string of the molecule is CN(C[C@H]1CN(S(=O)(=O)c2ccc(F)cc2)c2cc(N)ccc2O1)S(C)(=O)=O.Cl. The Morgan fingerprint density at radius 2 is 1.79 bits per heavy atom. The Hall–Kier alpha value is -2.08. The Morgan fingerprint density at radius 3 is 2.38 bits per heavy atom. The molecule has 0 bridgehead atoms. The molecule has 2 aromatic carbocycles. The van der Waals surface area contributed by atoms with Crippen LogP contribution in [-0.2, 0) is 20.0 Å². The van der Waals surface area contributed by atoms with Gasteiger partial charge in [-0.3, -0.25) is 4.31 Å². The van der Waals surface area contributed by atoms with Gasteiger partial charge in [0.2, 0.25) is 10.0 Å². The van der Waals surface area contributed by atoms with Crippen LogP contribution in [0.5, 0.6) is 5.75 Å². The fourth-order valence-electron chi connectivity index (χ4n) is 2.81. The molecule has 1 aliphatic rings. The Bertz CT molecular complexity index is 1090. The third-order valence-electron chi connectivity index (χ3n) is 4.34. The zero-order chi connectivity index (χ0) is 20.7. The van der Waals surface area contributed by atoms with E-state index < -0.39 is 32.0 Å². The lowest BCUT2D eigenvalue weighted by Gasteiger charge is -2.36. The number of nitrogens with two attached hydrogens (primary N) is 1. The molecule has 3 rings (SSSR count). The summed E-state index contributed by atoms with van der Waals surface area (Å²) in [5.41, 5.74) is 6.38. The second kappa shape index (κ2) is 8.34. The van der Waals surface area contributed by atoms with Crippen LogP contribution in [0.2, 0.25) is 0 Å². The number of anilines is 2. The Morgan fingerprint density at radius 1 is 1.17 bits per heavy atom. The lowest BCUT2D eigenvalue weighted by Crippen LogP contribution is -2.48. The van der Waals surface area contributed by atoms with E-state index in [1.807, 2.05) is 0 Å². The van der Waals surface area contributed by atoms with Crippen LogP contribution >= 0.6 is 12.4 Å². The molecule has 0 aromatic heterocycles. The molecule has 0 aliphatic carbocycles. The van der Waals surface area contributed by atoms with Gasteiger partial charge in [0.15, 0.2) is 0 Å². The first-order valence-corrected chi connectivity index (χ1v) is 11.5. The quantitative estimate of drug-likeness (QED) is 0.672. The van der Waals surface area contributed by atoms with E-state index in [0.29, 0.717) is 5.69 Å². The number of likely N-dealkylation sites (N-methyl/N-ethyl adjacent to an activating group) is 1. The Labute approximate surface area is 175 Å². The van der Waals surface area contributed by atoms with Gasteiger partial charge in [0.25, 0.3) is 10.0 Å². The number of sulfonamides is 2. The molecule has 0 fully saturated rings. The monoisotopic (exact) mass is 465 g/mol. The minimum absolute atomic E-state index is 0. The molecule has 0 saturated heterocycles. The molecular formula is C17H21ClFN3O5S2. The summed E-state index contributed by atoms with van der Waals surface area (Å²) in [4.78, 5) is -0.0978. The molecule has 1 atom stereocenters. The summed E-state index contributed by atoms with van der Waals surface area (Å²) >= 11 is 0. The maximum absolute atomic E-state index is 13.2. The van der Waals surface area contributed by atoms with Crippen molar-refractivity contribution in [3.05, 3.63) is 48.3 Å². The minimum Gasteiger partial charge on any atom is -0.485 e. The van der Waals surface area contributed by atoms with Gasteiger partial charge in [-0.15, -0.1) is 12.4 Å². The number of benzene rings is 2. The summed E-state index contributed by atoms with van der Waals surface area (Å²) in [6.45, 7) is -0.173. The van der Waals surface area contributed by atoms with E-state index >= 15 is 0 Å². The molecule has 29 heavy (non-hydrogen) atoms. The number of ether oxygens (including phenoxy) is 1. The largest absolute Gasteiger partial charge is 0.485 e. The average molecular weight is 466 g/mol. The Balaban J connectivity index is 0.00000300. The van der Waals surface area contributed by atoms with Gasteiger partial charge in [-0.1, -0.05) is 0 Å². The van der Waals surface area contributed by atoms with Crippen molar-refractivity contribution in [1.82, 2.24) is 4.31 Å². The van der Waals surface area contributed by atoms with E-state index in [4.69, 9.17) is 10.5 Å². The third-order valence-corrected chi connectivity index (χ3v) is 7.42. The normalized spacial score (nSPS) is 16.7. The smallest absolute Gasteiger partial charge is 0.264 e. The van der Waals surface area contributed by atoms with E-state index in [1.165, 1.54) is 31.3 Å². The zero-order valence-electron chi connectivity index (χ0n) is 15.6. The highest BCUT2D eigenvalue weighted by Crippen LogP contribution is 2.38. The highest BCUT2D eigenvalue weighted by molar-refractivity contribution is 7.92. The zero-order valence-corrected chi connectivity index (χ0v) is 18.1. The number of hydrogen-bond acceptors (Lipinski definition) is 6. The van der Waals surface area contributed by atoms with E-state index in [0.717, 1.165) is 27.0 Å². The second-order valence-electron chi connectivity index (χ2n) is 6.50. The fraction of sp³-hybridized carbons (Fsp3) is 0.294. The molecule has 12 heteroatoms. The van der Waals surface area contributed by atoms with Gasteiger partial charge in [-0.05, 0) is 42.5 Å². The standard InChI is InChI=1S/C17H20FN3O5S2.ClH/c1-20(27(2,22)23)10-14-11-21(16-9-13(19)5-8-17(16)26-14)28(24,25)15-6-3-12(18)4-7-15;/h3-9,14H,10-11,19H2,1-2H3;1H/t14-;/m0./s1. The van der Waals surface area contributed by atoms with Gasteiger partial charge in [0.1, 0.15) is 17.7 Å². The molecule has 8 nitrogen and oxygen atoms in total. The molecule has 1 aliphatic heterocycles. The van der Waals surface area contributed by atoms with Crippen molar-refractivity contribution in [1.29, 1.82) is 0 Å². The van der Waals surface area contributed by atoms with Crippen LogP contribution in [0.4, 0.5) is 15.8 Å². The van der Waals surface area contributed by atoms with Crippen molar-refractivity contribution < 1.29 is 26.0 Å². The van der Waals surface area contributed by atoms with Crippen molar-refractivity contribution in [3.8, 4) is 5.75 Å². The highest BCUT2D eigenvalue weighted by Gasteiger charge is 2.36. The van der Waals surface area contributed by atoms with Crippen molar-refractivity contribution in [2.45, 2.75) is 11.0 Å². The summed E-state index contributed by atoms with van der Waals surface area (Å²) in [5.74, 6) is -0.295. The molecule has 1 heterocycles. The van der Waals surface area contributed by atoms with Crippen LogP contribution in [0.3, 0.4) is 0 Å². The number of nitrogens with zero attached hydrogens (tertiary/aromatic N) is 2. The number of fused-ring (bicyclic) bond motifs is 1. The third kappa shape index (κ3) is 4.92. The lowest BCUT2D eigenvalue weighted by molar-refractivity contribution is 0.177. The molecule has 0 radical (unpaired) electrons. The minimum atomic E-state index is -4.05. The van der Waals surface area contributed by atoms with E-state index in [9.17, 15) is 21.2 Å². The topological polar surface area (TPSA) is 110 Å². The van der Waals surface area contributed by atoms with Crippen LogP contribution in [0.15, 0.2) is 47.4 Å². The van der Waals surface area contributed by atoms with Crippen LogP contribution in [0.1, 0.15) is 0 Å².